The monoisotopic (exact) mass is 283 g/mol. The summed E-state index contributed by atoms with van der Waals surface area (Å²) in [4.78, 5) is 0. The summed E-state index contributed by atoms with van der Waals surface area (Å²) in [5.74, 6) is 1.30. The minimum atomic E-state index is -0.877. The molecule has 5 heteroatoms. The van der Waals surface area contributed by atoms with Gasteiger partial charge in [-0.05, 0) is 31.5 Å². The molecule has 0 radical (unpaired) electrons. The largest absolute Gasteiger partial charge is 0.493 e. The molecule has 0 atom stereocenters. The van der Waals surface area contributed by atoms with E-state index >= 15 is 0 Å². The van der Waals surface area contributed by atoms with E-state index in [2.05, 4.69) is 5.32 Å². The average molecular weight is 283 g/mol. The van der Waals surface area contributed by atoms with Gasteiger partial charge in [0.25, 0.3) is 0 Å². The van der Waals surface area contributed by atoms with E-state index in [4.69, 9.17) is 14.2 Å². The van der Waals surface area contributed by atoms with Gasteiger partial charge in [-0.3, -0.25) is 0 Å². The Balaban J connectivity index is 2.65. The van der Waals surface area contributed by atoms with Crippen molar-refractivity contribution in [2.45, 2.75) is 26.0 Å². The van der Waals surface area contributed by atoms with Gasteiger partial charge < -0.3 is 24.6 Å². The summed E-state index contributed by atoms with van der Waals surface area (Å²) in [6.07, 6.45) is 0. The van der Waals surface area contributed by atoms with Crippen molar-refractivity contribution in [2.75, 3.05) is 34.0 Å². The van der Waals surface area contributed by atoms with Crippen LogP contribution in [-0.4, -0.2) is 44.7 Å². The highest BCUT2D eigenvalue weighted by Gasteiger charge is 2.15. The van der Waals surface area contributed by atoms with Crippen LogP contribution in [0.15, 0.2) is 18.2 Å². The van der Waals surface area contributed by atoms with Crippen LogP contribution in [0.5, 0.6) is 11.5 Å². The van der Waals surface area contributed by atoms with Crippen LogP contribution in [-0.2, 0) is 11.3 Å². The molecule has 2 N–H and O–H groups in total. The standard InChI is InChI=1S/C15H25NO4/c1-15(2,17)11-20-14-9-12(5-6-13(14)19-4)10-16-7-8-18-3/h5-6,9,16-17H,7-8,10-11H2,1-4H3. The molecule has 0 aliphatic carbocycles. The zero-order chi connectivity index (χ0) is 15.0. The van der Waals surface area contributed by atoms with E-state index in [1.54, 1.807) is 28.1 Å². The fraction of sp³-hybridized carbons (Fsp3) is 0.600. The van der Waals surface area contributed by atoms with Crippen molar-refractivity contribution in [3.63, 3.8) is 0 Å². The number of hydrogen-bond acceptors (Lipinski definition) is 5. The van der Waals surface area contributed by atoms with Crippen LogP contribution in [0, 0.1) is 0 Å². The van der Waals surface area contributed by atoms with Gasteiger partial charge in [0.1, 0.15) is 6.61 Å². The Bertz CT molecular complexity index is 401. The second-order valence-corrected chi connectivity index (χ2v) is 5.26. The molecule has 0 saturated heterocycles. The minimum Gasteiger partial charge on any atom is -0.493 e. The van der Waals surface area contributed by atoms with Gasteiger partial charge in [0.15, 0.2) is 11.5 Å². The summed E-state index contributed by atoms with van der Waals surface area (Å²) in [6.45, 7) is 5.82. The molecule has 0 unspecified atom stereocenters. The lowest BCUT2D eigenvalue weighted by molar-refractivity contribution is 0.0276. The number of ether oxygens (including phenoxy) is 3. The molecule has 0 amide bonds. The first-order valence-corrected chi connectivity index (χ1v) is 6.68. The summed E-state index contributed by atoms with van der Waals surface area (Å²) >= 11 is 0. The topological polar surface area (TPSA) is 60.0 Å². The zero-order valence-corrected chi connectivity index (χ0v) is 12.7. The van der Waals surface area contributed by atoms with Crippen molar-refractivity contribution in [1.82, 2.24) is 5.32 Å². The van der Waals surface area contributed by atoms with Gasteiger partial charge in [-0.2, -0.15) is 0 Å². The predicted molar refractivity (Wildman–Crippen MR) is 78.4 cm³/mol. The quantitative estimate of drug-likeness (QED) is 0.674. The molecule has 0 fully saturated rings. The number of hydrogen-bond donors (Lipinski definition) is 2. The lowest BCUT2D eigenvalue weighted by atomic mass is 10.1. The zero-order valence-electron chi connectivity index (χ0n) is 12.7. The molecule has 1 aromatic rings. The molecule has 5 nitrogen and oxygen atoms in total. The van der Waals surface area contributed by atoms with E-state index < -0.39 is 5.60 Å². The van der Waals surface area contributed by atoms with Crippen molar-refractivity contribution in [3.05, 3.63) is 23.8 Å². The van der Waals surface area contributed by atoms with Gasteiger partial charge in [0.05, 0.1) is 19.3 Å². The molecule has 0 aliphatic heterocycles. The number of benzene rings is 1. The van der Waals surface area contributed by atoms with Crippen molar-refractivity contribution in [1.29, 1.82) is 0 Å². The fourth-order valence-corrected chi connectivity index (χ4v) is 1.61. The summed E-state index contributed by atoms with van der Waals surface area (Å²) in [6, 6.07) is 5.77. The summed E-state index contributed by atoms with van der Waals surface area (Å²) in [5, 5.41) is 13.0. The highest BCUT2D eigenvalue weighted by molar-refractivity contribution is 5.43. The molecular formula is C15H25NO4. The third kappa shape index (κ3) is 6.23. The van der Waals surface area contributed by atoms with Gasteiger partial charge in [0, 0.05) is 20.2 Å². The van der Waals surface area contributed by atoms with Crippen LogP contribution >= 0.6 is 0 Å². The maximum atomic E-state index is 9.72. The van der Waals surface area contributed by atoms with Crippen LogP contribution in [0.4, 0.5) is 0 Å². The minimum absolute atomic E-state index is 0.212. The Morgan fingerprint density at radius 3 is 2.55 bits per heavy atom. The smallest absolute Gasteiger partial charge is 0.161 e. The molecule has 1 rings (SSSR count). The van der Waals surface area contributed by atoms with Crippen LogP contribution in [0.1, 0.15) is 19.4 Å². The first kappa shape index (κ1) is 16.8. The summed E-state index contributed by atoms with van der Waals surface area (Å²) < 4.78 is 15.9. The fourth-order valence-electron chi connectivity index (χ4n) is 1.61. The maximum absolute atomic E-state index is 9.72. The highest BCUT2D eigenvalue weighted by atomic mass is 16.5. The van der Waals surface area contributed by atoms with Crippen LogP contribution in [0.2, 0.25) is 0 Å². The van der Waals surface area contributed by atoms with Crippen molar-refractivity contribution < 1.29 is 19.3 Å². The van der Waals surface area contributed by atoms with Crippen molar-refractivity contribution >= 4 is 0 Å². The normalized spacial score (nSPS) is 11.4. The van der Waals surface area contributed by atoms with E-state index in [9.17, 15) is 5.11 Å². The van der Waals surface area contributed by atoms with Gasteiger partial charge in [-0.25, -0.2) is 0 Å². The molecule has 0 aromatic heterocycles. The first-order valence-electron chi connectivity index (χ1n) is 6.68. The molecule has 0 bridgehead atoms. The van der Waals surface area contributed by atoms with Crippen LogP contribution in [0.25, 0.3) is 0 Å². The number of rotatable bonds is 9. The summed E-state index contributed by atoms with van der Waals surface area (Å²) in [5.41, 5.74) is 0.213. The Labute approximate surface area is 120 Å². The Kier molecular flexibility index (Phi) is 6.78. The molecule has 0 aliphatic rings. The first-order chi connectivity index (χ1) is 9.46. The van der Waals surface area contributed by atoms with Gasteiger partial charge >= 0.3 is 0 Å². The third-order valence-corrected chi connectivity index (χ3v) is 2.62. The van der Waals surface area contributed by atoms with Gasteiger partial charge in [0.2, 0.25) is 0 Å². The predicted octanol–water partition coefficient (Wildman–Crippen LogP) is 1.58. The van der Waals surface area contributed by atoms with Crippen molar-refractivity contribution in [3.8, 4) is 11.5 Å². The van der Waals surface area contributed by atoms with E-state index in [0.29, 0.717) is 18.1 Å². The molecule has 0 spiro atoms. The van der Waals surface area contributed by atoms with E-state index in [1.807, 2.05) is 18.2 Å². The third-order valence-electron chi connectivity index (χ3n) is 2.62. The highest BCUT2D eigenvalue weighted by Crippen LogP contribution is 2.28. The lowest BCUT2D eigenvalue weighted by Gasteiger charge is -2.19. The number of nitrogens with one attached hydrogen (secondary N) is 1. The molecule has 114 valence electrons. The van der Waals surface area contributed by atoms with Gasteiger partial charge in [-0.15, -0.1) is 0 Å². The molecule has 1 aromatic carbocycles. The average Bonchev–Trinajstić information content (AvgIpc) is 2.40. The van der Waals surface area contributed by atoms with E-state index in [-0.39, 0.29) is 6.61 Å². The van der Waals surface area contributed by atoms with Crippen LogP contribution < -0.4 is 14.8 Å². The van der Waals surface area contributed by atoms with Gasteiger partial charge in [-0.1, -0.05) is 6.07 Å². The second-order valence-electron chi connectivity index (χ2n) is 5.26. The SMILES string of the molecule is COCCNCc1ccc(OC)c(OCC(C)(C)O)c1. The van der Waals surface area contributed by atoms with Crippen LogP contribution in [0.3, 0.4) is 0 Å². The second kappa shape index (κ2) is 8.09. The molecule has 20 heavy (non-hydrogen) atoms. The lowest BCUT2D eigenvalue weighted by Crippen LogP contribution is -2.28. The number of methoxy groups -OCH3 is 2. The molecule has 0 heterocycles. The summed E-state index contributed by atoms with van der Waals surface area (Å²) in [7, 11) is 3.28. The Hall–Kier alpha value is -1.30. The van der Waals surface area contributed by atoms with E-state index in [0.717, 1.165) is 18.7 Å². The van der Waals surface area contributed by atoms with E-state index in [1.165, 1.54) is 0 Å². The Morgan fingerprint density at radius 1 is 1.20 bits per heavy atom. The molecule has 0 saturated carbocycles. The Morgan fingerprint density at radius 2 is 1.95 bits per heavy atom. The number of aliphatic hydroxyl groups is 1. The molecular weight excluding hydrogens is 258 g/mol. The maximum Gasteiger partial charge on any atom is 0.161 e. The van der Waals surface area contributed by atoms with Crippen molar-refractivity contribution in [2.24, 2.45) is 0 Å².